The average molecular weight is 242 g/mol. The number of benzene rings is 1. The van der Waals surface area contributed by atoms with Crippen molar-refractivity contribution in [2.24, 2.45) is 5.92 Å². The Hall–Kier alpha value is -1.77. The highest BCUT2D eigenvalue weighted by Crippen LogP contribution is 2.30. The molecule has 1 aliphatic rings. The molecule has 1 aromatic heterocycles. The maximum absolute atomic E-state index is 11.5. The third-order valence-electron chi connectivity index (χ3n) is 3.76. The van der Waals surface area contributed by atoms with Crippen molar-refractivity contribution >= 4 is 0 Å². The summed E-state index contributed by atoms with van der Waals surface area (Å²) in [6.45, 7) is 5.11. The van der Waals surface area contributed by atoms with Crippen LogP contribution in [0.15, 0.2) is 29.1 Å². The highest BCUT2D eigenvalue weighted by molar-refractivity contribution is 5.61. The zero-order valence-electron chi connectivity index (χ0n) is 10.9. The third-order valence-corrected chi connectivity index (χ3v) is 3.76. The molecule has 0 bridgehead atoms. The minimum atomic E-state index is -0.0271. The first-order valence-corrected chi connectivity index (χ1v) is 6.59. The maximum Gasteiger partial charge on any atom is 0.264 e. The number of hydrogen-bond donors (Lipinski definition) is 1. The summed E-state index contributed by atoms with van der Waals surface area (Å²) in [7, 11) is 0. The molecule has 1 heterocycles. The Kier molecular flexibility index (Phi) is 2.62. The first-order valence-electron chi connectivity index (χ1n) is 6.59. The molecule has 0 saturated carbocycles. The van der Waals surface area contributed by atoms with Crippen LogP contribution in [0.2, 0.25) is 0 Å². The van der Waals surface area contributed by atoms with Gasteiger partial charge in [-0.1, -0.05) is 19.1 Å². The fourth-order valence-electron chi connectivity index (χ4n) is 2.91. The molecular weight excluding hydrogens is 224 g/mol. The van der Waals surface area contributed by atoms with Crippen molar-refractivity contribution in [1.29, 1.82) is 0 Å². The lowest BCUT2D eigenvalue weighted by Gasteiger charge is -2.07. The van der Waals surface area contributed by atoms with E-state index in [-0.39, 0.29) is 5.56 Å². The van der Waals surface area contributed by atoms with Gasteiger partial charge >= 0.3 is 0 Å². The largest absolute Gasteiger partial charge is 0.285 e. The van der Waals surface area contributed by atoms with Gasteiger partial charge in [0.25, 0.3) is 5.56 Å². The molecule has 0 fully saturated rings. The van der Waals surface area contributed by atoms with Gasteiger partial charge in [0.05, 0.1) is 5.69 Å². The first kappa shape index (κ1) is 11.3. The van der Waals surface area contributed by atoms with Crippen molar-refractivity contribution in [2.75, 3.05) is 0 Å². The number of hydrogen-bond acceptors (Lipinski definition) is 1. The molecule has 1 aromatic carbocycles. The van der Waals surface area contributed by atoms with Crippen LogP contribution in [0, 0.1) is 5.92 Å². The van der Waals surface area contributed by atoms with Crippen molar-refractivity contribution in [3.05, 3.63) is 45.7 Å². The standard InChI is InChI=1S/C15H18N2O/c1-3-17-14(9-15(18)16-17)12-5-4-11-6-10(2)7-13(11)8-12/h4-5,8-10H,3,6-7H2,1-2H3,(H,16,18). The Morgan fingerprint density at radius 1 is 1.28 bits per heavy atom. The highest BCUT2D eigenvalue weighted by atomic mass is 16.1. The summed E-state index contributed by atoms with van der Waals surface area (Å²) in [5.41, 5.74) is 5.01. The van der Waals surface area contributed by atoms with E-state index in [1.54, 1.807) is 6.07 Å². The van der Waals surface area contributed by atoms with E-state index in [9.17, 15) is 4.79 Å². The molecule has 3 rings (SSSR count). The van der Waals surface area contributed by atoms with Crippen LogP contribution < -0.4 is 5.56 Å². The second kappa shape index (κ2) is 4.16. The number of fused-ring (bicyclic) bond motifs is 1. The fourth-order valence-corrected chi connectivity index (χ4v) is 2.91. The van der Waals surface area contributed by atoms with Crippen molar-refractivity contribution in [3.8, 4) is 11.3 Å². The molecule has 0 saturated heterocycles. The van der Waals surface area contributed by atoms with Crippen LogP contribution in [0.1, 0.15) is 25.0 Å². The number of nitrogens with zero attached hydrogens (tertiary/aromatic N) is 1. The normalized spacial score (nSPS) is 18.0. The van der Waals surface area contributed by atoms with Gasteiger partial charge in [-0.2, -0.15) is 0 Å². The number of rotatable bonds is 2. The molecule has 18 heavy (non-hydrogen) atoms. The van der Waals surface area contributed by atoms with E-state index in [1.165, 1.54) is 17.5 Å². The molecule has 3 heteroatoms. The molecular formula is C15H18N2O. The Morgan fingerprint density at radius 3 is 2.83 bits per heavy atom. The zero-order valence-corrected chi connectivity index (χ0v) is 10.9. The van der Waals surface area contributed by atoms with Crippen molar-refractivity contribution < 1.29 is 0 Å². The van der Waals surface area contributed by atoms with E-state index in [2.05, 4.69) is 30.2 Å². The van der Waals surface area contributed by atoms with Crippen LogP contribution in [-0.2, 0) is 19.4 Å². The van der Waals surface area contributed by atoms with Crippen LogP contribution in [-0.4, -0.2) is 9.78 Å². The molecule has 0 amide bonds. The third kappa shape index (κ3) is 1.80. The van der Waals surface area contributed by atoms with Gasteiger partial charge in [-0.15, -0.1) is 0 Å². The van der Waals surface area contributed by atoms with E-state index >= 15 is 0 Å². The van der Waals surface area contributed by atoms with Crippen molar-refractivity contribution in [2.45, 2.75) is 33.2 Å². The summed E-state index contributed by atoms with van der Waals surface area (Å²) < 4.78 is 1.91. The summed E-state index contributed by atoms with van der Waals surface area (Å²) in [6.07, 6.45) is 2.34. The molecule has 1 unspecified atom stereocenters. The van der Waals surface area contributed by atoms with Gasteiger partial charge in [-0.3, -0.25) is 14.6 Å². The number of aryl methyl sites for hydroxylation is 1. The first-order chi connectivity index (χ1) is 8.67. The fraction of sp³-hybridized carbons (Fsp3) is 0.400. The average Bonchev–Trinajstić information content (AvgIpc) is 2.89. The van der Waals surface area contributed by atoms with Gasteiger partial charge in [0.1, 0.15) is 0 Å². The topological polar surface area (TPSA) is 37.8 Å². The highest BCUT2D eigenvalue weighted by Gasteiger charge is 2.18. The maximum atomic E-state index is 11.5. The van der Waals surface area contributed by atoms with Gasteiger partial charge in [-0.05, 0) is 42.9 Å². The second-order valence-corrected chi connectivity index (χ2v) is 5.25. The zero-order chi connectivity index (χ0) is 12.7. The van der Waals surface area contributed by atoms with E-state index in [0.717, 1.165) is 30.1 Å². The molecule has 1 N–H and O–H groups in total. The van der Waals surface area contributed by atoms with Crippen molar-refractivity contribution in [3.63, 3.8) is 0 Å². The molecule has 0 spiro atoms. The summed E-state index contributed by atoms with van der Waals surface area (Å²) >= 11 is 0. The summed E-state index contributed by atoms with van der Waals surface area (Å²) in [5, 5.41) is 2.83. The Labute approximate surface area is 106 Å². The monoisotopic (exact) mass is 242 g/mol. The Morgan fingerprint density at radius 2 is 2.06 bits per heavy atom. The Balaban J connectivity index is 2.08. The van der Waals surface area contributed by atoms with E-state index in [0.29, 0.717) is 0 Å². The van der Waals surface area contributed by atoms with Gasteiger partial charge in [0.2, 0.25) is 0 Å². The van der Waals surface area contributed by atoms with Crippen LogP contribution in [0.5, 0.6) is 0 Å². The minimum Gasteiger partial charge on any atom is -0.285 e. The van der Waals surface area contributed by atoms with E-state index in [4.69, 9.17) is 0 Å². The predicted molar refractivity (Wildman–Crippen MR) is 72.7 cm³/mol. The lowest BCUT2D eigenvalue weighted by molar-refractivity contribution is 0.627. The van der Waals surface area contributed by atoms with Gasteiger partial charge in [0, 0.05) is 18.2 Å². The summed E-state index contributed by atoms with van der Waals surface area (Å²) in [4.78, 5) is 11.5. The second-order valence-electron chi connectivity index (χ2n) is 5.25. The van der Waals surface area contributed by atoms with Crippen LogP contribution >= 0.6 is 0 Å². The van der Waals surface area contributed by atoms with Gasteiger partial charge < -0.3 is 0 Å². The van der Waals surface area contributed by atoms with Gasteiger partial charge in [0.15, 0.2) is 0 Å². The molecule has 0 aliphatic heterocycles. The molecule has 1 aliphatic carbocycles. The van der Waals surface area contributed by atoms with E-state index < -0.39 is 0 Å². The minimum absolute atomic E-state index is 0.0271. The SMILES string of the molecule is CCn1[nH]c(=O)cc1-c1ccc2c(c1)CC(C)C2. The number of aromatic amines is 1. The van der Waals surface area contributed by atoms with E-state index in [1.807, 2.05) is 11.6 Å². The van der Waals surface area contributed by atoms with Gasteiger partial charge in [-0.25, -0.2) is 0 Å². The van der Waals surface area contributed by atoms with Crippen LogP contribution in [0.4, 0.5) is 0 Å². The quantitative estimate of drug-likeness (QED) is 0.863. The molecule has 1 atom stereocenters. The molecule has 2 aromatic rings. The lowest BCUT2D eigenvalue weighted by Crippen LogP contribution is -2.04. The number of nitrogens with one attached hydrogen (secondary N) is 1. The summed E-state index contributed by atoms with van der Waals surface area (Å²) in [5.74, 6) is 0.745. The van der Waals surface area contributed by atoms with Crippen LogP contribution in [0.25, 0.3) is 11.3 Å². The predicted octanol–water partition coefficient (Wildman–Crippen LogP) is 2.60. The number of aromatic nitrogens is 2. The molecule has 3 nitrogen and oxygen atoms in total. The lowest BCUT2D eigenvalue weighted by atomic mass is 10.0. The number of H-pyrrole nitrogens is 1. The molecule has 0 radical (unpaired) electrons. The van der Waals surface area contributed by atoms with Crippen molar-refractivity contribution in [1.82, 2.24) is 9.78 Å². The van der Waals surface area contributed by atoms with Crippen LogP contribution in [0.3, 0.4) is 0 Å². The smallest absolute Gasteiger partial charge is 0.264 e. The summed E-state index contributed by atoms with van der Waals surface area (Å²) in [6, 6.07) is 8.27. The Bertz CT molecular complexity index is 636. The molecule has 94 valence electrons.